The van der Waals surface area contributed by atoms with E-state index in [0.29, 0.717) is 12.1 Å². The molecule has 0 spiro atoms. The minimum atomic E-state index is 0.706. The topological polar surface area (TPSA) is 52.0 Å². The van der Waals surface area contributed by atoms with E-state index in [-0.39, 0.29) is 0 Å². The van der Waals surface area contributed by atoms with Crippen molar-refractivity contribution in [3.63, 3.8) is 0 Å². The minimum absolute atomic E-state index is 0.706. The van der Waals surface area contributed by atoms with E-state index in [9.17, 15) is 5.26 Å². The molecule has 0 bridgehead atoms. The molecule has 0 saturated carbocycles. The fourth-order valence-electron chi connectivity index (χ4n) is 2.32. The normalized spacial score (nSPS) is 10.1. The highest BCUT2D eigenvalue weighted by atomic mass is 15.1. The van der Waals surface area contributed by atoms with Crippen LogP contribution in [0.2, 0.25) is 0 Å². The first kappa shape index (κ1) is 15.0. The first-order chi connectivity index (χ1) is 10.3. The molecule has 1 aromatic heterocycles. The Morgan fingerprint density at radius 2 is 2.14 bits per heavy atom. The maximum Gasteiger partial charge on any atom is 0.101 e. The molecule has 4 nitrogen and oxygen atoms in total. The van der Waals surface area contributed by atoms with Crippen LogP contribution in [0.1, 0.15) is 23.7 Å². The molecule has 0 aliphatic rings. The molecule has 0 amide bonds. The lowest BCUT2D eigenvalue weighted by Crippen LogP contribution is -2.23. The Labute approximate surface area is 126 Å². The summed E-state index contributed by atoms with van der Waals surface area (Å²) in [6.45, 7) is 4.39. The lowest BCUT2D eigenvalue weighted by Gasteiger charge is -2.24. The van der Waals surface area contributed by atoms with Gasteiger partial charge < -0.3 is 10.2 Å². The van der Waals surface area contributed by atoms with Gasteiger partial charge in [0.2, 0.25) is 0 Å². The number of nitrogens with one attached hydrogen (secondary N) is 1. The standard InChI is InChI=1S/C17H20N4/c1-3-21(13-16-6-4-5-9-20-16)17-8-7-14(12-19-2)10-15(17)11-18/h4-10,19H,3,12-13H2,1-2H3. The van der Waals surface area contributed by atoms with Gasteiger partial charge in [-0.1, -0.05) is 12.1 Å². The second kappa shape index (κ2) is 7.41. The summed E-state index contributed by atoms with van der Waals surface area (Å²) in [7, 11) is 1.90. The van der Waals surface area contributed by atoms with Gasteiger partial charge in [-0.25, -0.2) is 0 Å². The van der Waals surface area contributed by atoms with Crippen molar-refractivity contribution in [3.8, 4) is 6.07 Å². The summed E-state index contributed by atoms with van der Waals surface area (Å²) >= 11 is 0. The third kappa shape index (κ3) is 3.80. The SMILES string of the molecule is CCN(Cc1ccccn1)c1ccc(CNC)cc1C#N. The summed E-state index contributed by atoms with van der Waals surface area (Å²) in [4.78, 5) is 6.53. The van der Waals surface area contributed by atoms with Crippen LogP contribution >= 0.6 is 0 Å². The molecule has 0 unspecified atom stereocenters. The Kier molecular flexibility index (Phi) is 5.30. The zero-order valence-corrected chi connectivity index (χ0v) is 12.5. The van der Waals surface area contributed by atoms with E-state index < -0.39 is 0 Å². The molecule has 1 aromatic carbocycles. The largest absolute Gasteiger partial charge is 0.365 e. The van der Waals surface area contributed by atoms with Crippen molar-refractivity contribution in [1.29, 1.82) is 5.26 Å². The number of hydrogen-bond acceptors (Lipinski definition) is 4. The van der Waals surface area contributed by atoms with Gasteiger partial charge in [0, 0.05) is 19.3 Å². The molecule has 2 aromatic rings. The Bertz CT molecular complexity index is 616. The predicted molar refractivity (Wildman–Crippen MR) is 84.9 cm³/mol. The number of rotatable bonds is 6. The molecule has 1 N–H and O–H groups in total. The van der Waals surface area contributed by atoms with Crippen molar-refractivity contribution in [2.45, 2.75) is 20.0 Å². The first-order valence-corrected chi connectivity index (χ1v) is 7.11. The van der Waals surface area contributed by atoms with Crippen molar-refractivity contribution < 1.29 is 0 Å². The lowest BCUT2D eigenvalue weighted by atomic mass is 10.1. The summed E-state index contributed by atoms with van der Waals surface area (Å²) in [5.41, 5.74) is 3.79. The van der Waals surface area contributed by atoms with E-state index in [1.54, 1.807) is 6.20 Å². The van der Waals surface area contributed by atoms with Gasteiger partial charge in [0.25, 0.3) is 0 Å². The molecule has 1 heterocycles. The summed E-state index contributed by atoms with van der Waals surface area (Å²) in [6, 6.07) is 14.2. The van der Waals surface area contributed by atoms with Crippen molar-refractivity contribution in [2.75, 3.05) is 18.5 Å². The van der Waals surface area contributed by atoms with Gasteiger partial charge in [0.15, 0.2) is 0 Å². The van der Waals surface area contributed by atoms with Crippen molar-refractivity contribution >= 4 is 5.69 Å². The Hall–Kier alpha value is -2.38. The number of nitrogens with zero attached hydrogens (tertiary/aromatic N) is 3. The third-order valence-electron chi connectivity index (χ3n) is 3.36. The predicted octanol–water partition coefficient (Wildman–Crippen LogP) is 2.70. The average molecular weight is 280 g/mol. The molecule has 0 radical (unpaired) electrons. The van der Waals surface area contributed by atoms with Crippen LogP contribution in [0.5, 0.6) is 0 Å². The van der Waals surface area contributed by atoms with Gasteiger partial charge in [0.05, 0.1) is 23.5 Å². The zero-order valence-electron chi connectivity index (χ0n) is 12.5. The highest BCUT2D eigenvalue weighted by molar-refractivity contribution is 5.60. The molecule has 0 atom stereocenters. The van der Waals surface area contributed by atoms with Crippen LogP contribution in [0.15, 0.2) is 42.6 Å². The fourth-order valence-corrected chi connectivity index (χ4v) is 2.32. The van der Waals surface area contributed by atoms with Crippen LogP contribution in [0.25, 0.3) is 0 Å². The van der Waals surface area contributed by atoms with E-state index in [0.717, 1.165) is 30.0 Å². The number of benzene rings is 1. The summed E-state index contributed by atoms with van der Waals surface area (Å²) in [6.07, 6.45) is 1.80. The van der Waals surface area contributed by atoms with Gasteiger partial charge in [-0.05, 0) is 43.8 Å². The van der Waals surface area contributed by atoms with Gasteiger partial charge in [-0.3, -0.25) is 4.98 Å². The quantitative estimate of drug-likeness (QED) is 0.884. The van der Waals surface area contributed by atoms with Crippen molar-refractivity contribution in [2.24, 2.45) is 0 Å². The minimum Gasteiger partial charge on any atom is -0.365 e. The van der Waals surface area contributed by atoms with Crippen LogP contribution in [0.3, 0.4) is 0 Å². The van der Waals surface area contributed by atoms with Crippen molar-refractivity contribution in [3.05, 3.63) is 59.4 Å². The van der Waals surface area contributed by atoms with Gasteiger partial charge >= 0.3 is 0 Å². The fraction of sp³-hybridized carbons (Fsp3) is 0.294. The summed E-state index contributed by atoms with van der Waals surface area (Å²) in [5.74, 6) is 0. The third-order valence-corrected chi connectivity index (χ3v) is 3.36. The lowest BCUT2D eigenvalue weighted by molar-refractivity contribution is 0.801. The van der Waals surface area contributed by atoms with E-state index in [4.69, 9.17) is 0 Å². The van der Waals surface area contributed by atoms with Crippen LogP contribution < -0.4 is 10.2 Å². The maximum atomic E-state index is 9.41. The maximum absolute atomic E-state index is 9.41. The van der Waals surface area contributed by atoms with E-state index in [1.165, 1.54) is 0 Å². The first-order valence-electron chi connectivity index (χ1n) is 7.11. The van der Waals surface area contributed by atoms with E-state index in [2.05, 4.69) is 34.3 Å². The number of hydrogen-bond donors (Lipinski definition) is 1. The molecule has 0 aliphatic carbocycles. The molecule has 4 heteroatoms. The van der Waals surface area contributed by atoms with E-state index in [1.807, 2.05) is 37.4 Å². The average Bonchev–Trinajstić information content (AvgIpc) is 2.54. The number of aromatic nitrogens is 1. The van der Waals surface area contributed by atoms with Crippen LogP contribution in [0, 0.1) is 11.3 Å². The Morgan fingerprint density at radius 1 is 1.29 bits per heavy atom. The van der Waals surface area contributed by atoms with Gasteiger partial charge in [-0.2, -0.15) is 5.26 Å². The molecular weight excluding hydrogens is 260 g/mol. The molecule has 21 heavy (non-hydrogen) atoms. The molecule has 108 valence electrons. The second-order valence-electron chi connectivity index (χ2n) is 4.83. The smallest absolute Gasteiger partial charge is 0.101 e. The Balaban J connectivity index is 2.27. The monoisotopic (exact) mass is 280 g/mol. The molecule has 0 fully saturated rings. The zero-order chi connectivity index (χ0) is 15.1. The summed E-state index contributed by atoms with van der Waals surface area (Å²) in [5, 5.41) is 12.5. The van der Waals surface area contributed by atoms with Gasteiger partial charge in [0.1, 0.15) is 6.07 Å². The van der Waals surface area contributed by atoms with E-state index >= 15 is 0 Å². The number of pyridine rings is 1. The highest BCUT2D eigenvalue weighted by Crippen LogP contribution is 2.23. The number of nitriles is 1. The molecule has 2 rings (SSSR count). The second-order valence-corrected chi connectivity index (χ2v) is 4.83. The summed E-state index contributed by atoms with van der Waals surface area (Å²) < 4.78 is 0. The van der Waals surface area contributed by atoms with Crippen LogP contribution in [-0.4, -0.2) is 18.6 Å². The molecule has 0 saturated heterocycles. The van der Waals surface area contributed by atoms with Crippen LogP contribution in [0.4, 0.5) is 5.69 Å². The molecule has 0 aliphatic heterocycles. The molecular formula is C17H20N4. The van der Waals surface area contributed by atoms with Crippen molar-refractivity contribution in [1.82, 2.24) is 10.3 Å². The highest BCUT2D eigenvalue weighted by Gasteiger charge is 2.11. The van der Waals surface area contributed by atoms with Crippen LogP contribution in [-0.2, 0) is 13.1 Å². The van der Waals surface area contributed by atoms with Gasteiger partial charge in [-0.15, -0.1) is 0 Å². The Morgan fingerprint density at radius 3 is 2.76 bits per heavy atom. The number of anilines is 1.